The van der Waals surface area contributed by atoms with Crippen LogP contribution in [0.5, 0.6) is 0 Å². The number of nitrogens with zero attached hydrogens (tertiary/aromatic N) is 1. The standard InChI is InChI=1S/C14H25N3O4S/c1-4-15-13(16-8-6-10-22(3,19)20)17-11-14(2,18)12-7-5-9-21-12/h5,7,9,18H,4,6,8,10-11H2,1-3H3,(H2,15,16,17). The quantitative estimate of drug-likeness (QED) is 0.364. The van der Waals surface area contributed by atoms with Crippen LogP contribution in [0, 0.1) is 0 Å². The molecule has 1 aromatic rings. The first kappa shape index (κ1) is 18.5. The van der Waals surface area contributed by atoms with Crippen LogP contribution in [0.15, 0.2) is 27.8 Å². The third-order valence-electron chi connectivity index (χ3n) is 2.93. The molecule has 1 heterocycles. The molecule has 3 N–H and O–H groups in total. The molecule has 0 saturated carbocycles. The van der Waals surface area contributed by atoms with Crippen molar-refractivity contribution in [2.75, 3.05) is 31.6 Å². The van der Waals surface area contributed by atoms with Gasteiger partial charge >= 0.3 is 0 Å². The van der Waals surface area contributed by atoms with E-state index < -0.39 is 15.4 Å². The van der Waals surface area contributed by atoms with Gasteiger partial charge in [-0.25, -0.2) is 13.4 Å². The monoisotopic (exact) mass is 331 g/mol. The highest BCUT2D eigenvalue weighted by atomic mass is 32.2. The molecular formula is C14H25N3O4S. The summed E-state index contributed by atoms with van der Waals surface area (Å²) in [5.74, 6) is 1.11. The summed E-state index contributed by atoms with van der Waals surface area (Å²) in [4.78, 5) is 4.31. The lowest BCUT2D eigenvalue weighted by molar-refractivity contribution is 0.0437. The summed E-state index contributed by atoms with van der Waals surface area (Å²) in [7, 11) is -2.95. The molecule has 8 heteroatoms. The van der Waals surface area contributed by atoms with E-state index in [0.717, 1.165) is 0 Å². The van der Waals surface area contributed by atoms with E-state index in [1.54, 1.807) is 19.1 Å². The van der Waals surface area contributed by atoms with Crippen LogP contribution < -0.4 is 10.6 Å². The van der Waals surface area contributed by atoms with E-state index in [-0.39, 0.29) is 12.3 Å². The number of aliphatic hydroxyl groups is 1. The summed E-state index contributed by atoms with van der Waals surface area (Å²) < 4.78 is 27.3. The number of hydrogen-bond acceptors (Lipinski definition) is 5. The molecular weight excluding hydrogens is 306 g/mol. The van der Waals surface area contributed by atoms with Crippen molar-refractivity contribution in [1.29, 1.82) is 0 Å². The maximum absolute atomic E-state index is 11.1. The molecule has 0 aliphatic heterocycles. The lowest BCUT2D eigenvalue weighted by Crippen LogP contribution is -2.39. The van der Waals surface area contributed by atoms with E-state index in [2.05, 4.69) is 15.6 Å². The lowest BCUT2D eigenvalue weighted by atomic mass is 10.0. The Balaban J connectivity index is 2.54. The van der Waals surface area contributed by atoms with E-state index in [9.17, 15) is 13.5 Å². The van der Waals surface area contributed by atoms with Gasteiger partial charge in [-0.1, -0.05) is 0 Å². The molecule has 0 radical (unpaired) electrons. The highest BCUT2D eigenvalue weighted by Gasteiger charge is 2.25. The maximum atomic E-state index is 11.1. The Morgan fingerprint density at radius 1 is 1.45 bits per heavy atom. The second-order valence-electron chi connectivity index (χ2n) is 5.36. The zero-order valence-electron chi connectivity index (χ0n) is 13.3. The van der Waals surface area contributed by atoms with Crippen molar-refractivity contribution in [3.63, 3.8) is 0 Å². The Hall–Kier alpha value is -1.54. The van der Waals surface area contributed by atoms with Gasteiger partial charge in [0.2, 0.25) is 0 Å². The van der Waals surface area contributed by atoms with E-state index in [4.69, 9.17) is 4.42 Å². The van der Waals surface area contributed by atoms with Crippen molar-refractivity contribution in [3.8, 4) is 0 Å². The molecule has 0 aromatic carbocycles. The number of nitrogens with one attached hydrogen (secondary N) is 2. The number of sulfone groups is 1. The molecule has 1 aromatic heterocycles. The zero-order chi connectivity index (χ0) is 16.6. The summed E-state index contributed by atoms with van der Waals surface area (Å²) in [6.45, 7) is 4.84. The van der Waals surface area contributed by atoms with Gasteiger partial charge in [0.25, 0.3) is 0 Å². The first-order chi connectivity index (χ1) is 10.2. The first-order valence-electron chi connectivity index (χ1n) is 7.21. The highest BCUT2D eigenvalue weighted by molar-refractivity contribution is 7.90. The molecule has 0 bridgehead atoms. The maximum Gasteiger partial charge on any atom is 0.191 e. The number of hydrogen-bond donors (Lipinski definition) is 3. The Morgan fingerprint density at radius 2 is 2.18 bits per heavy atom. The highest BCUT2D eigenvalue weighted by Crippen LogP contribution is 2.20. The molecule has 0 fully saturated rings. The molecule has 7 nitrogen and oxygen atoms in total. The first-order valence-corrected chi connectivity index (χ1v) is 9.27. The minimum absolute atomic E-state index is 0.127. The van der Waals surface area contributed by atoms with E-state index in [1.807, 2.05) is 6.92 Å². The van der Waals surface area contributed by atoms with Gasteiger partial charge < -0.3 is 20.2 Å². The largest absolute Gasteiger partial charge is 0.466 e. The van der Waals surface area contributed by atoms with Crippen molar-refractivity contribution < 1.29 is 17.9 Å². The van der Waals surface area contributed by atoms with E-state index in [1.165, 1.54) is 12.5 Å². The third kappa shape index (κ3) is 6.95. The number of furan rings is 1. The number of guanidine groups is 1. The molecule has 0 aliphatic carbocycles. The van der Waals surface area contributed by atoms with Gasteiger partial charge in [0.1, 0.15) is 21.2 Å². The van der Waals surface area contributed by atoms with Crippen molar-refractivity contribution in [2.45, 2.75) is 25.9 Å². The van der Waals surface area contributed by atoms with Crippen LogP contribution in [0.25, 0.3) is 0 Å². The molecule has 0 aliphatic rings. The van der Waals surface area contributed by atoms with Crippen LogP contribution in [0.4, 0.5) is 0 Å². The molecule has 22 heavy (non-hydrogen) atoms. The fraction of sp³-hybridized carbons (Fsp3) is 0.643. The third-order valence-corrected chi connectivity index (χ3v) is 3.96. The summed E-state index contributed by atoms with van der Waals surface area (Å²) in [5, 5.41) is 16.4. The van der Waals surface area contributed by atoms with Gasteiger partial charge in [-0.15, -0.1) is 0 Å². The van der Waals surface area contributed by atoms with Gasteiger partial charge in [-0.2, -0.15) is 0 Å². The van der Waals surface area contributed by atoms with Crippen LogP contribution in [0.3, 0.4) is 0 Å². The van der Waals surface area contributed by atoms with Crippen molar-refractivity contribution in [2.24, 2.45) is 4.99 Å². The lowest BCUT2D eigenvalue weighted by Gasteiger charge is -2.19. The van der Waals surface area contributed by atoms with Gasteiger partial charge in [0.05, 0.1) is 18.6 Å². The van der Waals surface area contributed by atoms with Crippen LogP contribution in [-0.2, 0) is 15.4 Å². The Labute approximate surface area is 131 Å². The zero-order valence-corrected chi connectivity index (χ0v) is 14.1. The second kappa shape index (κ2) is 8.19. The van der Waals surface area contributed by atoms with Crippen molar-refractivity contribution >= 4 is 15.8 Å². The van der Waals surface area contributed by atoms with Crippen LogP contribution in [-0.4, -0.2) is 51.1 Å². The van der Waals surface area contributed by atoms with Gasteiger partial charge in [-0.05, 0) is 32.4 Å². The molecule has 1 rings (SSSR count). The fourth-order valence-corrected chi connectivity index (χ4v) is 2.45. The molecule has 126 valence electrons. The van der Waals surface area contributed by atoms with Gasteiger partial charge in [0, 0.05) is 19.3 Å². The summed E-state index contributed by atoms with van der Waals surface area (Å²) in [6.07, 6.45) is 3.22. The van der Waals surface area contributed by atoms with Crippen LogP contribution >= 0.6 is 0 Å². The second-order valence-corrected chi connectivity index (χ2v) is 7.62. The summed E-state index contributed by atoms with van der Waals surface area (Å²) >= 11 is 0. The minimum Gasteiger partial charge on any atom is -0.466 e. The average molecular weight is 331 g/mol. The minimum atomic E-state index is -2.95. The molecule has 0 saturated heterocycles. The van der Waals surface area contributed by atoms with E-state index in [0.29, 0.717) is 31.2 Å². The Morgan fingerprint density at radius 3 is 2.73 bits per heavy atom. The average Bonchev–Trinajstić information content (AvgIpc) is 2.94. The predicted molar refractivity (Wildman–Crippen MR) is 86.6 cm³/mol. The summed E-state index contributed by atoms with van der Waals surface area (Å²) in [5.41, 5.74) is -1.20. The number of aliphatic imine (C=N–C) groups is 1. The topological polar surface area (TPSA) is 104 Å². The molecule has 0 spiro atoms. The van der Waals surface area contributed by atoms with Crippen molar-refractivity contribution in [3.05, 3.63) is 24.2 Å². The predicted octanol–water partition coefficient (Wildman–Crippen LogP) is 0.477. The molecule has 1 atom stereocenters. The summed E-state index contributed by atoms with van der Waals surface area (Å²) in [6, 6.07) is 3.41. The Bertz CT molecular complexity index is 565. The van der Waals surface area contributed by atoms with Gasteiger partial charge in [0.15, 0.2) is 5.96 Å². The smallest absolute Gasteiger partial charge is 0.191 e. The van der Waals surface area contributed by atoms with Crippen LogP contribution in [0.1, 0.15) is 26.0 Å². The molecule has 1 unspecified atom stereocenters. The van der Waals surface area contributed by atoms with Crippen LogP contribution in [0.2, 0.25) is 0 Å². The van der Waals surface area contributed by atoms with Gasteiger partial charge in [-0.3, -0.25) is 0 Å². The van der Waals surface area contributed by atoms with E-state index >= 15 is 0 Å². The SMILES string of the molecule is CCNC(=NCC(C)(O)c1ccco1)NCCCS(C)(=O)=O. The molecule has 0 amide bonds. The number of rotatable bonds is 8. The van der Waals surface area contributed by atoms with Crippen molar-refractivity contribution in [1.82, 2.24) is 10.6 Å². The normalized spacial score (nSPS) is 15.4. The Kier molecular flexibility index (Phi) is 6.89. The fourth-order valence-electron chi connectivity index (χ4n) is 1.78.